The molecule has 3 nitrogen and oxygen atoms in total. The topological polar surface area (TPSA) is 29.5 Å². The highest BCUT2D eigenvalue weighted by molar-refractivity contribution is 5.81. The average Bonchev–Trinajstić information content (AvgIpc) is 3.00. The number of carbonyl (C=O) groups is 1. The summed E-state index contributed by atoms with van der Waals surface area (Å²) < 4.78 is 6.47. The zero-order valence-corrected chi connectivity index (χ0v) is 11.2. The molecule has 0 radical (unpaired) electrons. The number of rotatable bonds is 1. The molecule has 1 amide bonds. The van der Waals surface area contributed by atoms with Crippen molar-refractivity contribution in [1.82, 2.24) is 4.90 Å². The average molecular weight is 257 g/mol. The molecule has 2 aliphatic heterocycles. The lowest BCUT2D eigenvalue weighted by Gasteiger charge is -2.31. The Morgan fingerprint density at radius 1 is 1.32 bits per heavy atom. The Kier molecular flexibility index (Phi) is 2.31. The van der Waals surface area contributed by atoms with Crippen LogP contribution in [-0.4, -0.2) is 22.6 Å². The lowest BCUT2D eigenvalue weighted by Crippen LogP contribution is -2.45. The van der Waals surface area contributed by atoms with Gasteiger partial charge in [-0.1, -0.05) is 30.3 Å². The number of amides is 1. The second-order valence-electron chi connectivity index (χ2n) is 6.09. The van der Waals surface area contributed by atoms with Gasteiger partial charge in [0.1, 0.15) is 11.8 Å². The maximum Gasteiger partial charge on any atom is 0.225 e. The Bertz CT molecular complexity index is 515. The van der Waals surface area contributed by atoms with Crippen molar-refractivity contribution in [2.75, 3.05) is 0 Å². The number of benzene rings is 1. The van der Waals surface area contributed by atoms with Gasteiger partial charge in [-0.25, -0.2) is 0 Å². The molecular formula is C16H19NO2. The van der Waals surface area contributed by atoms with E-state index in [2.05, 4.69) is 24.0 Å². The van der Waals surface area contributed by atoms with Gasteiger partial charge < -0.3 is 9.64 Å². The molecule has 1 saturated carbocycles. The molecule has 1 spiro atoms. The summed E-state index contributed by atoms with van der Waals surface area (Å²) in [6.45, 7) is 2.13. The Hall–Kier alpha value is -1.35. The molecule has 2 heterocycles. The fourth-order valence-electron chi connectivity index (χ4n) is 4.36. The van der Waals surface area contributed by atoms with Gasteiger partial charge in [-0.15, -0.1) is 0 Å². The standard InChI is InChI=1S/C16H19NO2/c1-11-15(12-6-3-2-4-7-12)19-16-9-5-8-13(16)10-14(18)17(11)16/h2-4,6-7,11,13,15H,5,8-10H2,1H3/t11-,13-,15-,16+/m0/s1. The van der Waals surface area contributed by atoms with Crippen LogP contribution in [0.15, 0.2) is 30.3 Å². The molecule has 2 saturated heterocycles. The van der Waals surface area contributed by atoms with E-state index in [1.807, 2.05) is 18.2 Å². The summed E-state index contributed by atoms with van der Waals surface area (Å²) in [7, 11) is 0. The van der Waals surface area contributed by atoms with Crippen LogP contribution >= 0.6 is 0 Å². The Morgan fingerprint density at radius 3 is 2.89 bits per heavy atom. The van der Waals surface area contributed by atoms with Crippen LogP contribution in [0.2, 0.25) is 0 Å². The summed E-state index contributed by atoms with van der Waals surface area (Å²) >= 11 is 0. The highest BCUT2D eigenvalue weighted by atomic mass is 16.5. The zero-order valence-electron chi connectivity index (χ0n) is 11.2. The summed E-state index contributed by atoms with van der Waals surface area (Å²) in [4.78, 5) is 14.4. The first kappa shape index (κ1) is 11.5. The van der Waals surface area contributed by atoms with Crippen molar-refractivity contribution in [3.63, 3.8) is 0 Å². The highest BCUT2D eigenvalue weighted by Crippen LogP contribution is 2.56. The number of carbonyl (C=O) groups excluding carboxylic acids is 1. The van der Waals surface area contributed by atoms with Gasteiger partial charge in [-0.2, -0.15) is 0 Å². The predicted octanol–water partition coefficient (Wildman–Crippen LogP) is 2.88. The summed E-state index contributed by atoms with van der Waals surface area (Å²) in [6, 6.07) is 10.5. The summed E-state index contributed by atoms with van der Waals surface area (Å²) in [5, 5.41) is 0. The summed E-state index contributed by atoms with van der Waals surface area (Å²) in [5.74, 6) is 0.701. The SMILES string of the molecule is C[C@H]1[C@@H](c2ccccc2)O[C@]23CCC[C@H]2CC(=O)N13. The summed E-state index contributed by atoms with van der Waals surface area (Å²) in [5.41, 5.74) is 0.911. The van der Waals surface area contributed by atoms with E-state index in [-0.39, 0.29) is 23.8 Å². The molecule has 1 aromatic carbocycles. The molecular weight excluding hydrogens is 238 g/mol. The number of hydrogen-bond donors (Lipinski definition) is 0. The second kappa shape index (κ2) is 3.83. The summed E-state index contributed by atoms with van der Waals surface area (Å²) in [6.07, 6.45) is 4.05. The van der Waals surface area contributed by atoms with Crippen LogP contribution in [-0.2, 0) is 9.53 Å². The quantitative estimate of drug-likeness (QED) is 0.774. The van der Waals surface area contributed by atoms with Gasteiger partial charge in [0.2, 0.25) is 5.91 Å². The fourth-order valence-corrected chi connectivity index (χ4v) is 4.36. The molecule has 100 valence electrons. The van der Waals surface area contributed by atoms with Gasteiger partial charge >= 0.3 is 0 Å². The van der Waals surface area contributed by atoms with E-state index < -0.39 is 0 Å². The van der Waals surface area contributed by atoms with Gasteiger partial charge in [-0.05, 0) is 31.7 Å². The van der Waals surface area contributed by atoms with E-state index in [0.29, 0.717) is 12.3 Å². The minimum Gasteiger partial charge on any atom is -0.345 e. The highest BCUT2D eigenvalue weighted by Gasteiger charge is 2.63. The maximum atomic E-state index is 12.3. The molecule has 3 fully saturated rings. The monoisotopic (exact) mass is 257 g/mol. The Balaban J connectivity index is 1.74. The lowest BCUT2D eigenvalue weighted by atomic mass is 10.0. The minimum atomic E-state index is -0.281. The van der Waals surface area contributed by atoms with Crippen molar-refractivity contribution in [3.8, 4) is 0 Å². The van der Waals surface area contributed by atoms with Crippen LogP contribution < -0.4 is 0 Å². The number of hydrogen-bond acceptors (Lipinski definition) is 2. The van der Waals surface area contributed by atoms with E-state index in [4.69, 9.17) is 4.74 Å². The smallest absolute Gasteiger partial charge is 0.225 e. The molecule has 4 atom stereocenters. The molecule has 1 aliphatic carbocycles. The first-order valence-electron chi connectivity index (χ1n) is 7.27. The van der Waals surface area contributed by atoms with Crippen molar-refractivity contribution in [2.24, 2.45) is 5.92 Å². The van der Waals surface area contributed by atoms with Gasteiger partial charge in [0, 0.05) is 12.3 Å². The normalized spacial score (nSPS) is 40.6. The van der Waals surface area contributed by atoms with Crippen LogP contribution in [0.4, 0.5) is 0 Å². The zero-order chi connectivity index (χ0) is 13.0. The minimum absolute atomic E-state index is 0.0334. The van der Waals surface area contributed by atoms with Crippen molar-refractivity contribution in [1.29, 1.82) is 0 Å². The third kappa shape index (κ3) is 1.39. The van der Waals surface area contributed by atoms with Crippen molar-refractivity contribution in [2.45, 2.75) is 50.5 Å². The first-order valence-corrected chi connectivity index (χ1v) is 7.27. The van der Waals surface area contributed by atoms with Gasteiger partial charge in [0.25, 0.3) is 0 Å². The van der Waals surface area contributed by atoms with Crippen LogP contribution in [0.5, 0.6) is 0 Å². The van der Waals surface area contributed by atoms with Crippen LogP contribution in [0.25, 0.3) is 0 Å². The molecule has 0 bridgehead atoms. The first-order chi connectivity index (χ1) is 9.22. The van der Waals surface area contributed by atoms with Crippen LogP contribution in [0.3, 0.4) is 0 Å². The van der Waals surface area contributed by atoms with Crippen LogP contribution in [0.1, 0.15) is 44.3 Å². The molecule has 4 rings (SSSR count). The Morgan fingerprint density at radius 2 is 2.11 bits per heavy atom. The largest absolute Gasteiger partial charge is 0.345 e. The van der Waals surface area contributed by atoms with Gasteiger partial charge in [-0.3, -0.25) is 4.79 Å². The molecule has 1 aromatic rings. The predicted molar refractivity (Wildman–Crippen MR) is 71.3 cm³/mol. The second-order valence-corrected chi connectivity index (χ2v) is 6.09. The van der Waals surface area contributed by atoms with Crippen molar-refractivity contribution >= 4 is 5.91 Å². The van der Waals surface area contributed by atoms with Crippen molar-refractivity contribution < 1.29 is 9.53 Å². The fraction of sp³-hybridized carbons (Fsp3) is 0.562. The van der Waals surface area contributed by atoms with E-state index in [0.717, 1.165) is 12.8 Å². The van der Waals surface area contributed by atoms with Gasteiger partial charge in [0.15, 0.2) is 0 Å². The third-order valence-corrected chi connectivity index (χ3v) is 5.13. The van der Waals surface area contributed by atoms with E-state index in [1.54, 1.807) is 0 Å². The maximum absolute atomic E-state index is 12.3. The Labute approximate surface area is 113 Å². The molecule has 3 heteroatoms. The van der Waals surface area contributed by atoms with E-state index in [1.165, 1.54) is 12.0 Å². The van der Waals surface area contributed by atoms with Crippen LogP contribution in [0, 0.1) is 5.92 Å². The lowest BCUT2D eigenvalue weighted by molar-refractivity contribution is -0.141. The number of ether oxygens (including phenoxy) is 1. The third-order valence-electron chi connectivity index (χ3n) is 5.13. The number of nitrogens with zero attached hydrogens (tertiary/aromatic N) is 1. The van der Waals surface area contributed by atoms with E-state index in [9.17, 15) is 4.79 Å². The van der Waals surface area contributed by atoms with Gasteiger partial charge in [0.05, 0.1) is 6.04 Å². The molecule has 0 unspecified atom stereocenters. The molecule has 3 aliphatic rings. The molecule has 0 aromatic heterocycles. The van der Waals surface area contributed by atoms with Crippen molar-refractivity contribution in [3.05, 3.63) is 35.9 Å². The molecule has 19 heavy (non-hydrogen) atoms. The van der Waals surface area contributed by atoms with E-state index >= 15 is 0 Å². The molecule has 0 N–H and O–H groups in total.